The van der Waals surface area contributed by atoms with E-state index in [-0.39, 0.29) is 12.7 Å². The number of fused-ring (bicyclic) bond motifs is 1. The van der Waals surface area contributed by atoms with Gasteiger partial charge < -0.3 is 19.1 Å². The summed E-state index contributed by atoms with van der Waals surface area (Å²) in [5, 5.41) is 12.2. The van der Waals surface area contributed by atoms with Crippen LogP contribution in [0.3, 0.4) is 0 Å². The maximum atomic E-state index is 12.9. The van der Waals surface area contributed by atoms with Crippen LogP contribution >= 0.6 is 0 Å². The highest BCUT2D eigenvalue weighted by molar-refractivity contribution is 5.95. The second-order valence-electron chi connectivity index (χ2n) is 7.57. The zero-order valence-corrected chi connectivity index (χ0v) is 17.8. The third-order valence-electron chi connectivity index (χ3n) is 5.57. The second kappa shape index (κ2) is 8.83. The molecule has 166 valence electrons. The van der Waals surface area contributed by atoms with Crippen molar-refractivity contribution in [2.45, 2.75) is 13.5 Å². The smallest absolute Gasteiger partial charge is 0.254 e. The monoisotopic (exact) mass is 436 g/mol. The first-order valence-corrected chi connectivity index (χ1v) is 10.6. The van der Waals surface area contributed by atoms with Gasteiger partial charge in [0.25, 0.3) is 5.91 Å². The molecule has 0 atom stereocenters. The number of hydrogen-bond acceptors (Lipinski definition) is 8. The Hall–Kier alpha value is -3.66. The highest BCUT2D eigenvalue weighted by Crippen LogP contribution is 2.32. The molecule has 0 unspecified atom stereocenters. The summed E-state index contributed by atoms with van der Waals surface area (Å²) in [4.78, 5) is 17.0. The van der Waals surface area contributed by atoms with Crippen LogP contribution in [0.1, 0.15) is 23.1 Å². The van der Waals surface area contributed by atoms with E-state index in [1.54, 1.807) is 22.9 Å². The SMILES string of the molecule is CCOc1ccc(-n2nnnc2CN2CCN(C(=O)c3ccc4c(c3)OCO4)CC2)cc1. The van der Waals surface area contributed by atoms with Gasteiger partial charge in [-0.3, -0.25) is 9.69 Å². The minimum Gasteiger partial charge on any atom is -0.494 e. The van der Waals surface area contributed by atoms with Crippen LogP contribution in [-0.2, 0) is 6.54 Å². The molecular weight excluding hydrogens is 412 g/mol. The molecule has 2 aromatic carbocycles. The normalized spacial score (nSPS) is 15.7. The van der Waals surface area contributed by atoms with E-state index >= 15 is 0 Å². The lowest BCUT2D eigenvalue weighted by molar-refractivity contribution is 0.0624. The first-order valence-electron chi connectivity index (χ1n) is 10.6. The van der Waals surface area contributed by atoms with Gasteiger partial charge in [-0.25, -0.2) is 0 Å². The van der Waals surface area contributed by atoms with E-state index < -0.39 is 0 Å². The fraction of sp³-hybridized carbons (Fsp3) is 0.364. The molecule has 0 aliphatic carbocycles. The van der Waals surface area contributed by atoms with Crippen molar-refractivity contribution < 1.29 is 19.0 Å². The third-order valence-corrected chi connectivity index (χ3v) is 5.57. The van der Waals surface area contributed by atoms with Crippen LogP contribution in [0.15, 0.2) is 42.5 Å². The average Bonchev–Trinajstić information content (AvgIpc) is 3.49. The number of nitrogens with zero attached hydrogens (tertiary/aromatic N) is 6. The molecule has 0 radical (unpaired) electrons. The van der Waals surface area contributed by atoms with Gasteiger partial charge >= 0.3 is 0 Å². The van der Waals surface area contributed by atoms with Crippen molar-refractivity contribution >= 4 is 5.91 Å². The van der Waals surface area contributed by atoms with Crippen molar-refractivity contribution in [1.29, 1.82) is 0 Å². The van der Waals surface area contributed by atoms with Gasteiger partial charge in [-0.1, -0.05) is 0 Å². The molecule has 10 nitrogen and oxygen atoms in total. The molecule has 3 heterocycles. The molecule has 1 aromatic heterocycles. The number of aromatic nitrogens is 4. The van der Waals surface area contributed by atoms with Gasteiger partial charge in [0, 0.05) is 31.7 Å². The van der Waals surface area contributed by atoms with Gasteiger partial charge in [0.05, 0.1) is 18.8 Å². The average molecular weight is 436 g/mol. The second-order valence-corrected chi connectivity index (χ2v) is 7.57. The fourth-order valence-corrected chi connectivity index (χ4v) is 3.88. The van der Waals surface area contributed by atoms with Gasteiger partial charge in [0.1, 0.15) is 5.75 Å². The van der Waals surface area contributed by atoms with Gasteiger partial charge in [-0.15, -0.1) is 5.10 Å². The molecule has 1 saturated heterocycles. The molecule has 2 aliphatic heterocycles. The lowest BCUT2D eigenvalue weighted by atomic mass is 10.1. The summed E-state index contributed by atoms with van der Waals surface area (Å²) >= 11 is 0. The predicted molar refractivity (Wildman–Crippen MR) is 114 cm³/mol. The number of benzene rings is 2. The lowest BCUT2D eigenvalue weighted by Crippen LogP contribution is -2.48. The zero-order valence-electron chi connectivity index (χ0n) is 17.8. The predicted octanol–water partition coefficient (Wildman–Crippen LogP) is 1.75. The molecule has 0 saturated carbocycles. The Morgan fingerprint density at radius 3 is 2.59 bits per heavy atom. The minimum atomic E-state index is 0.00201. The van der Waals surface area contributed by atoms with Gasteiger partial charge in [0.2, 0.25) is 6.79 Å². The van der Waals surface area contributed by atoms with Crippen molar-refractivity contribution in [3.8, 4) is 22.9 Å². The van der Waals surface area contributed by atoms with Crippen molar-refractivity contribution in [2.24, 2.45) is 0 Å². The topological polar surface area (TPSA) is 94.8 Å². The molecular formula is C22H24N6O4. The standard InChI is InChI=1S/C22H24N6O4/c1-2-30-18-6-4-17(5-7-18)28-21(23-24-25-28)14-26-9-11-27(12-10-26)22(29)16-3-8-19-20(13-16)32-15-31-19/h3-8,13H,2,9-12,14-15H2,1H3. The number of ether oxygens (including phenoxy) is 3. The molecule has 3 aromatic rings. The first kappa shape index (κ1) is 20.3. The van der Waals surface area contributed by atoms with Crippen LogP contribution in [0.2, 0.25) is 0 Å². The Balaban J connectivity index is 1.20. The van der Waals surface area contributed by atoms with Crippen LogP contribution in [0.5, 0.6) is 17.2 Å². The van der Waals surface area contributed by atoms with E-state index in [2.05, 4.69) is 20.4 Å². The van der Waals surface area contributed by atoms with E-state index in [0.29, 0.717) is 43.3 Å². The summed E-state index contributed by atoms with van der Waals surface area (Å²) in [5.74, 6) is 2.87. The van der Waals surface area contributed by atoms with Crippen LogP contribution in [0, 0.1) is 0 Å². The van der Waals surface area contributed by atoms with Crippen LogP contribution < -0.4 is 14.2 Å². The quantitative estimate of drug-likeness (QED) is 0.577. The molecule has 0 N–H and O–H groups in total. The van der Waals surface area contributed by atoms with Crippen molar-refractivity contribution in [2.75, 3.05) is 39.6 Å². The van der Waals surface area contributed by atoms with Crippen molar-refractivity contribution in [3.63, 3.8) is 0 Å². The number of hydrogen-bond donors (Lipinski definition) is 0. The molecule has 1 fully saturated rings. The first-order chi connectivity index (χ1) is 15.7. The Morgan fingerprint density at radius 1 is 1.03 bits per heavy atom. The fourth-order valence-electron chi connectivity index (χ4n) is 3.88. The Morgan fingerprint density at radius 2 is 1.81 bits per heavy atom. The Bertz CT molecular complexity index is 1090. The summed E-state index contributed by atoms with van der Waals surface area (Å²) < 4.78 is 17.9. The molecule has 5 rings (SSSR count). The van der Waals surface area contributed by atoms with Crippen LogP contribution in [-0.4, -0.2) is 75.5 Å². The molecule has 32 heavy (non-hydrogen) atoms. The van der Waals surface area contributed by atoms with E-state index in [0.717, 1.165) is 30.4 Å². The zero-order chi connectivity index (χ0) is 21.9. The molecule has 0 spiro atoms. The summed E-state index contributed by atoms with van der Waals surface area (Å²) in [6.45, 7) is 6.14. The Kier molecular flexibility index (Phi) is 5.59. The number of tetrazole rings is 1. The molecule has 1 amide bonds. The third kappa shape index (κ3) is 4.09. The highest BCUT2D eigenvalue weighted by atomic mass is 16.7. The maximum Gasteiger partial charge on any atom is 0.254 e. The van der Waals surface area contributed by atoms with Crippen LogP contribution in [0.25, 0.3) is 5.69 Å². The summed E-state index contributed by atoms with van der Waals surface area (Å²) in [6.07, 6.45) is 0. The maximum absolute atomic E-state index is 12.9. The van der Waals surface area contributed by atoms with Gasteiger partial charge in [-0.05, 0) is 59.8 Å². The molecule has 10 heteroatoms. The Labute approximate surface area is 185 Å². The largest absolute Gasteiger partial charge is 0.494 e. The summed E-state index contributed by atoms with van der Waals surface area (Å²) in [5.41, 5.74) is 1.49. The van der Waals surface area contributed by atoms with E-state index in [1.807, 2.05) is 36.1 Å². The molecule has 0 bridgehead atoms. The van der Waals surface area contributed by atoms with E-state index in [1.165, 1.54) is 0 Å². The van der Waals surface area contributed by atoms with Gasteiger partial charge in [-0.2, -0.15) is 4.68 Å². The number of amides is 1. The number of carbonyl (C=O) groups excluding carboxylic acids is 1. The number of rotatable bonds is 6. The van der Waals surface area contributed by atoms with Crippen molar-refractivity contribution in [3.05, 3.63) is 53.9 Å². The lowest BCUT2D eigenvalue weighted by Gasteiger charge is -2.34. The van der Waals surface area contributed by atoms with E-state index in [9.17, 15) is 4.79 Å². The van der Waals surface area contributed by atoms with Crippen molar-refractivity contribution in [1.82, 2.24) is 30.0 Å². The van der Waals surface area contributed by atoms with Crippen LogP contribution in [0.4, 0.5) is 0 Å². The number of piperazine rings is 1. The number of carbonyl (C=O) groups is 1. The highest BCUT2D eigenvalue weighted by Gasteiger charge is 2.25. The molecule has 2 aliphatic rings. The van der Waals surface area contributed by atoms with Gasteiger partial charge in [0.15, 0.2) is 17.3 Å². The summed E-state index contributed by atoms with van der Waals surface area (Å²) in [6, 6.07) is 13.0. The van der Waals surface area contributed by atoms with E-state index in [4.69, 9.17) is 14.2 Å². The minimum absolute atomic E-state index is 0.00201. The summed E-state index contributed by atoms with van der Waals surface area (Å²) in [7, 11) is 0.